The van der Waals surface area contributed by atoms with Gasteiger partial charge in [-0.3, -0.25) is 9.78 Å². The van der Waals surface area contributed by atoms with Gasteiger partial charge in [-0.05, 0) is 17.7 Å². The molecule has 1 amide bonds. The Morgan fingerprint density at radius 1 is 1.22 bits per heavy atom. The number of nitrogens with one attached hydrogen (secondary N) is 1. The number of rotatable bonds is 5. The number of hydrogen-bond acceptors (Lipinski definition) is 6. The molecule has 3 aromatic rings. The minimum Gasteiger partial charge on any atom is -0.480 e. The molecule has 27 heavy (non-hydrogen) atoms. The third kappa shape index (κ3) is 4.02. The molecule has 0 saturated carbocycles. The Hall–Kier alpha value is -3.50. The summed E-state index contributed by atoms with van der Waals surface area (Å²) in [6, 6.07) is 5.94. The van der Waals surface area contributed by atoms with E-state index >= 15 is 0 Å². The molecule has 3 rings (SSSR count). The molecule has 11 heteroatoms. The molecule has 0 radical (unpaired) electrons. The summed E-state index contributed by atoms with van der Waals surface area (Å²) in [5.74, 6) is -0.984. The van der Waals surface area contributed by atoms with Gasteiger partial charge in [-0.15, -0.1) is 10.2 Å². The second-order valence-electron chi connectivity index (χ2n) is 5.29. The molecule has 0 unspecified atom stereocenters. The van der Waals surface area contributed by atoms with Gasteiger partial charge in [-0.2, -0.15) is 18.3 Å². The van der Waals surface area contributed by atoms with Gasteiger partial charge in [-0.1, -0.05) is 6.07 Å². The molecule has 0 fully saturated rings. The van der Waals surface area contributed by atoms with Gasteiger partial charge in [0.05, 0.1) is 18.9 Å². The first-order valence-corrected chi connectivity index (χ1v) is 7.60. The molecule has 0 saturated heterocycles. The normalized spacial score (nSPS) is 11.3. The number of carbonyl (C=O) groups is 1. The lowest BCUT2D eigenvalue weighted by Crippen LogP contribution is -2.26. The van der Waals surface area contributed by atoms with Gasteiger partial charge < -0.3 is 10.1 Å². The molecule has 0 aliphatic carbocycles. The van der Waals surface area contributed by atoms with Crippen molar-refractivity contribution < 1.29 is 22.7 Å². The Labute approximate surface area is 151 Å². The third-order valence-electron chi connectivity index (χ3n) is 3.51. The molecule has 0 bridgehead atoms. The van der Waals surface area contributed by atoms with Gasteiger partial charge in [0.25, 0.3) is 5.91 Å². The lowest BCUT2D eigenvalue weighted by Gasteiger charge is -2.12. The molecule has 0 aliphatic rings. The van der Waals surface area contributed by atoms with Crippen LogP contribution in [0.5, 0.6) is 5.88 Å². The zero-order chi connectivity index (χ0) is 19.4. The lowest BCUT2D eigenvalue weighted by molar-refractivity contribution is -0.143. The fourth-order valence-electron chi connectivity index (χ4n) is 2.28. The summed E-state index contributed by atoms with van der Waals surface area (Å²) in [6.07, 6.45) is -0.944. The standard InChI is InChI=1S/C16H13F3N6O2/c1-27-13-5-4-12(23-24-13)25-14(16(17,18)19)11(9-22-25)15(26)21-8-10-3-2-6-20-7-10/h2-7,9H,8H2,1H3,(H,21,26). The van der Waals surface area contributed by atoms with Crippen molar-refractivity contribution in [2.24, 2.45) is 0 Å². The van der Waals surface area contributed by atoms with E-state index in [0.29, 0.717) is 10.2 Å². The minimum atomic E-state index is -4.83. The van der Waals surface area contributed by atoms with Crippen LogP contribution in [0.3, 0.4) is 0 Å². The van der Waals surface area contributed by atoms with Crippen LogP contribution < -0.4 is 10.1 Å². The van der Waals surface area contributed by atoms with Crippen molar-refractivity contribution in [3.8, 4) is 11.7 Å². The van der Waals surface area contributed by atoms with Crippen LogP contribution in [0.25, 0.3) is 5.82 Å². The third-order valence-corrected chi connectivity index (χ3v) is 3.51. The van der Waals surface area contributed by atoms with Crippen molar-refractivity contribution in [2.75, 3.05) is 7.11 Å². The summed E-state index contributed by atoms with van der Waals surface area (Å²) >= 11 is 0. The molecule has 0 aromatic carbocycles. The Kier molecular flexibility index (Phi) is 5.01. The molecule has 0 spiro atoms. The zero-order valence-electron chi connectivity index (χ0n) is 13.9. The Balaban J connectivity index is 1.91. The van der Waals surface area contributed by atoms with Crippen molar-refractivity contribution in [3.63, 3.8) is 0 Å². The van der Waals surface area contributed by atoms with Gasteiger partial charge in [0.1, 0.15) is 0 Å². The maximum Gasteiger partial charge on any atom is 0.434 e. The number of ether oxygens (including phenoxy) is 1. The highest BCUT2D eigenvalue weighted by Crippen LogP contribution is 2.33. The molecular weight excluding hydrogens is 365 g/mol. The van der Waals surface area contributed by atoms with Crippen LogP contribution in [0.15, 0.2) is 42.9 Å². The summed E-state index contributed by atoms with van der Waals surface area (Å²) in [5.41, 5.74) is -1.22. The first-order chi connectivity index (χ1) is 12.9. The first kappa shape index (κ1) is 18.3. The number of hydrogen-bond donors (Lipinski definition) is 1. The predicted octanol–water partition coefficient (Wildman–Crippen LogP) is 2.01. The van der Waals surface area contributed by atoms with Crippen LogP contribution >= 0.6 is 0 Å². The van der Waals surface area contributed by atoms with E-state index < -0.39 is 23.3 Å². The van der Waals surface area contributed by atoms with Gasteiger partial charge in [0, 0.05) is 25.0 Å². The minimum absolute atomic E-state index is 0.0253. The van der Waals surface area contributed by atoms with Crippen LogP contribution in [-0.2, 0) is 12.7 Å². The SMILES string of the molecule is COc1ccc(-n2ncc(C(=O)NCc3cccnc3)c2C(F)(F)F)nn1. The summed E-state index contributed by atoms with van der Waals surface area (Å²) in [5, 5.41) is 13.4. The first-order valence-electron chi connectivity index (χ1n) is 7.60. The second-order valence-corrected chi connectivity index (χ2v) is 5.29. The maximum absolute atomic E-state index is 13.6. The average molecular weight is 378 g/mol. The molecule has 8 nitrogen and oxygen atoms in total. The number of alkyl halides is 3. The summed E-state index contributed by atoms with van der Waals surface area (Å²) in [4.78, 5) is 16.2. The summed E-state index contributed by atoms with van der Waals surface area (Å²) in [7, 11) is 1.35. The maximum atomic E-state index is 13.6. The quantitative estimate of drug-likeness (QED) is 0.730. The number of pyridine rings is 1. The number of halogens is 3. The Morgan fingerprint density at radius 3 is 2.63 bits per heavy atom. The molecule has 0 aliphatic heterocycles. The molecule has 3 aromatic heterocycles. The molecular formula is C16H13F3N6O2. The highest BCUT2D eigenvalue weighted by Gasteiger charge is 2.41. The fourth-order valence-corrected chi connectivity index (χ4v) is 2.28. The van der Waals surface area contributed by atoms with E-state index in [0.717, 1.165) is 6.20 Å². The molecule has 0 atom stereocenters. The van der Waals surface area contributed by atoms with Crippen LogP contribution in [0.4, 0.5) is 13.2 Å². The van der Waals surface area contributed by atoms with E-state index in [1.165, 1.54) is 25.4 Å². The van der Waals surface area contributed by atoms with E-state index in [-0.39, 0.29) is 18.2 Å². The predicted molar refractivity (Wildman–Crippen MR) is 86.1 cm³/mol. The summed E-state index contributed by atoms with van der Waals surface area (Å²) in [6.45, 7) is 0.0253. The van der Waals surface area contributed by atoms with Gasteiger partial charge in [0.15, 0.2) is 11.5 Å². The van der Waals surface area contributed by atoms with Crippen molar-refractivity contribution in [1.29, 1.82) is 0 Å². The average Bonchev–Trinajstić information content (AvgIpc) is 3.13. The van der Waals surface area contributed by atoms with Crippen LogP contribution in [-0.4, -0.2) is 38.0 Å². The van der Waals surface area contributed by atoms with E-state index in [4.69, 9.17) is 4.74 Å². The molecule has 1 N–H and O–H groups in total. The van der Waals surface area contributed by atoms with E-state index in [9.17, 15) is 18.0 Å². The lowest BCUT2D eigenvalue weighted by atomic mass is 10.2. The number of carbonyl (C=O) groups excluding carboxylic acids is 1. The smallest absolute Gasteiger partial charge is 0.434 e. The van der Waals surface area contributed by atoms with Crippen LogP contribution in [0.2, 0.25) is 0 Å². The van der Waals surface area contributed by atoms with E-state index in [1.54, 1.807) is 18.3 Å². The van der Waals surface area contributed by atoms with E-state index in [1.807, 2.05) is 0 Å². The van der Waals surface area contributed by atoms with Gasteiger partial charge >= 0.3 is 6.18 Å². The monoisotopic (exact) mass is 378 g/mol. The molecule has 140 valence electrons. The largest absolute Gasteiger partial charge is 0.480 e. The number of amides is 1. The summed E-state index contributed by atoms with van der Waals surface area (Å²) < 4.78 is 46.1. The zero-order valence-corrected chi connectivity index (χ0v) is 13.9. The van der Waals surface area contributed by atoms with Crippen LogP contribution in [0, 0.1) is 0 Å². The van der Waals surface area contributed by atoms with Crippen molar-refractivity contribution in [2.45, 2.75) is 12.7 Å². The highest BCUT2D eigenvalue weighted by molar-refractivity contribution is 5.95. The number of aromatic nitrogens is 5. The van der Waals surface area contributed by atoms with Gasteiger partial charge in [-0.25, -0.2) is 4.68 Å². The second kappa shape index (κ2) is 7.40. The Bertz CT molecular complexity index is 926. The van der Waals surface area contributed by atoms with Crippen molar-refractivity contribution in [1.82, 2.24) is 30.3 Å². The highest BCUT2D eigenvalue weighted by atomic mass is 19.4. The van der Waals surface area contributed by atoms with Crippen LogP contribution in [0.1, 0.15) is 21.6 Å². The topological polar surface area (TPSA) is 94.8 Å². The van der Waals surface area contributed by atoms with Crippen molar-refractivity contribution >= 4 is 5.91 Å². The fraction of sp³-hybridized carbons (Fsp3) is 0.188. The van der Waals surface area contributed by atoms with Crippen molar-refractivity contribution in [3.05, 3.63) is 59.7 Å². The number of nitrogens with zero attached hydrogens (tertiary/aromatic N) is 5. The number of methoxy groups -OCH3 is 1. The Morgan fingerprint density at radius 2 is 2.04 bits per heavy atom. The van der Waals surface area contributed by atoms with Gasteiger partial charge in [0.2, 0.25) is 5.88 Å². The van der Waals surface area contributed by atoms with E-state index in [2.05, 4.69) is 25.6 Å². The molecule has 3 heterocycles.